The molecule has 2 aliphatic rings. The number of hydrogen-bond acceptors (Lipinski definition) is 2. The highest BCUT2D eigenvalue weighted by Gasteiger charge is 2.45. The molecule has 0 radical (unpaired) electrons. The van der Waals surface area contributed by atoms with Crippen LogP contribution in [0.1, 0.15) is 11.1 Å². The lowest BCUT2D eigenvalue weighted by Gasteiger charge is -2.39. The molecule has 0 aromatic heterocycles. The van der Waals surface area contributed by atoms with Crippen LogP contribution in [0.15, 0.2) is 22.7 Å². The van der Waals surface area contributed by atoms with Crippen molar-refractivity contribution in [2.45, 2.75) is 12.2 Å². The first-order chi connectivity index (χ1) is 6.30. The van der Waals surface area contributed by atoms with Crippen LogP contribution in [-0.4, -0.2) is 13.1 Å². The van der Waals surface area contributed by atoms with Crippen LogP contribution in [0.3, 0.4) is 0 Å². The fourth-order valence-corrected chi connectivity index (χ4v) is 2.47. The Morgan fingerprint density at radius 2 is 2.14 bits per heavy atom. The van der Waals surface area contributed by atoms with Gasteiger partial charge < -0.3 is 10.1 Å². The van der Waals surface area contributed by atoms with Gasteiger partial charge in [-0.25, -0.2) is 0 Å². The highest BCUT2D eigenvalue weighted by Crippen LogP contribution is 2.40. The molecule has 14 heavy (non-hydrogen) atoms. The van der Waals surface area contributed by atoms with E-state index in [1.54, 1.807) is 0 Å². The molecular formula is C10H11BrClNO. The van der Waals surface area contributed by atoms with Gasteiger partial charge in [0.1, 0.15) is 5.60 Å². The number of ether oxygens (including phenoxy) is 1. The zero-order valence-corrected chi connectivity index (χ0v) is 9.95. The van der Waals surface area contributed by atoms with Gasteiger partial charge in [0.2, 0.25) is 0 Å². The average Bonchev–Trinajstić information content (AvgIpc) is 2.41. The summed E-state index contributed by atoms with van der Waals surface area (Å²) >= 11 is 3.47. The molecule has 2 nitrogen and oxygen atoms in total. The van der Waals surface area contributed by atoms with Crippen LogP contribution in [0.25, 0.3) is 0 Å². The second-order valence-corrected chi connectivity index (χ2v) is 4.60. The summed E-state index contributed by atoms with van der Waals surface area (Å²) < 4.78 is 6.96. The minimum absolute atomic E-state index is 0. The van der Waals surface area contributed by atoms with E-state index in [-0.39, 0.29) is 18.0 Å². The Morgan fingerprint density at radius 1 is 1.36 bits per heavy atom. The number of hydrogen-bond donors (Lipinski definition) is 1. The normalized spacial score (nSPS) is 21.2. The van der Waals surface area contributed by atoms with Gasteiger partial charge in [-0.15, -0.1) is 12.4 Å². The molecule has 1 spiro atoms. The molecule has 0 saturated carbocycles. The minimum Gasteiger partial charge on any atom is -0.363 e. The standard InChI is InChI=1S/C10H10BrNO.ClH/c11-8-1-2-9-7(3-8)4-13-10(9)5-12-6-10;/h1-3,12H,4-6H2;1H. The monoisotopic (exact) mass is 275 g/mol. The van der Waals surface area contributed by atoms with Gasteiger partial charge in [0.15, 0.2) is 0 Å². The maximum atomic E-state index is 5.82. The van der Waals surface area contributed by atoms with Gasteiger partial charge in [-0.1, -0.05) is 22.0 Å². The van der Waals surface area contributed by atoms with E-state index in [2.05, 4.69) is 39.4 Å². The van der Waals surface area contributed by atoms with Crippen LogP contribution in [0, 0.1) is 0 Å². The number of nitrogens with one attached hydrogen (secondary N) is 1. The molecular weight excluding hydrogens is 265 g/mol. The molecule has 3 rings (SSSR count). The molecule has 1 saturated heterocycles. The molecule has 0 aliphatic carbocycles. The Bertz CT molecular complexity index is 365. The predicted octanol–water partition coefficient (Wildman–Crippen LogP) is 2.20. The van der Waals surface area contributed by atoms with E-state index in [1.807, 2.05) is 0 Å². The minimum atomic E-state index is 0. The van der Waals surface area contributed by atoms with E-state index in [0.29, 0.717) is 0 Å². The molecule has 0 amide bonds. The molecule has 0 unspecified atom stereocenters. The van der Waals surface area contributed by atoms with Gasteiger partial charge in [0, 0.05) is 17.6 Å². The van der Waals surface area contributed by atoms with E-state index in [1.165, 1.54) is 11.1 Å². The lowest BCUT2D eigenvalue weighted by Crippen LogP contribution is -2.56. The van der Waals surface area contributed by atoms with E-state index in [4.69, 9.17) is 4.74 Å². The van der Waals surface area contributed by atoms with Crippen molar-refractivity contribution in [1.29, 1.82) is 0 Å². The van der Waals surface area contributed by atoms with Gasteiger partial charge in [-0.3, -0.25) is 0 Å². The first kappa shape index (κ1) is 10.4. The summed E-state index contributed by atoms with van der Waals surface area (Å²) in [6.07, 6.45) is 0. The summed E-state index contributed by atoms with van der Waals surface area (Å²) in [6, 6.07) is 6.42. The van der Waals surface area contributed by atoms with Gasteiger partial charge in [0.05, 0.1) is 6.61 Å². The molecule has 76 valence electrons. The molecule has 2 aliphatic heterocycles. The van der Waals surface area contributed by atoms with Crippen molar-refractivity contribution >= 4 is 28.3 Å². The summed E-state index contributed by atoms with van der Waals surface area (Å²) in [5.41, 5.74) is 2.71. The topological polar surface area (TPSA) is 21.3 Å². The molecule has 1 aromatic rings. The number of benzene rings is 1. The highest BCUT2D eigenvalue weighted by molar-refractivity contribution is 9.10. The van der Waals surface area contributed by atoms with Gasteiger partial charge in [-0.2, -0.15) is 0 Å². The maximum Gasteiger partial charge on any atom is 0.119 e. The summed E-state index contributed by atoms with van der Waals surface area (Å²) in [5, 5.41) is 3.26. The fourth-order valence-electron chi connectivity index (χ4n) is 2.06. The summed E-state index contributed by atoms with van der Waals surface area (Å²) in [7, 11) is 0. The molecule has 1 N–H and O–H groups in total. The van der Waals surface area contributed by atoms with Crippen molar-refractivity contribution in [3.8, 4) is 0 Å². The highest BCUT2D eigenvalue weighted by atomic mass is 79.9. The maximum absolute atomic E-state index is 5.82. The first-order valence-electron chi connectivity index (χ1n) is 4.44. The Labute approximate surface area is 97.6 Å². The van der Waals surface area contributed by atoms with Gasteiger partial charge >= 0.3 is 0 Å². The SMILES string of the molecule is Brc1ccc2c(c1)COC21CNC1.Cl. The van der Waals surface area contributed by atoms with Crippen molar-refractivity contribution < 1.29 is 4.74 Å². The fraction of sp³-hybridized carbons (Fsp3) is 0.400. The Hall–Kier alpha value is -0.0900. The van der Waals surface area contributed by atoms with Crippen LogP contribution < -0.4 is 5.32 Å². The third kappa shape index (κ3) is 1.31. The van der Waals surface area contributed by atoms with Crippen molar-refractivity contribution in [3.05, 3.63) is 33.8 Å². The second kappa shape index (κ2) is 3.49. The van der Waals surface area contributed by atoms with Crippen molar-refractivity contribution in [2.75, 3.05) is 13.1 Å². The average molecular weight is 277 g/mol. The summed E-state index contributed by atoms with van der Waals surface area (Å²) in [4.78, 5) is 0. The third-order valence-electron chi connectivity index (χ3n) is 2.88. The zero-order chi connectivity index (χ0) is 8.89. The second-order valence-electron chi connectivity index (χ2n) is 3.69. The number of fused-ring (bicyclic) bond motifs is 2. The molecule has 0 atom stereocenters. The van der Waals surface area contributed by atoms with Crippen molar-refractivity contribution in [3.63, 3.8) is 0 Å². The lowest BCUT2D eigenvalue weighted by molar-refractivity contribution is -0.0746. The van der Waals surface area contributed by atoms with E-state index in [9.17, 15) is 0 Å². The Kier molecular flexibility index (Phi) is 2.60. The molecule has 2 heterocycles. The number of rotatable bonds is 0. The van der Waals surface area contributed by atoms with E-state index in [0.717, 1.165) is 24.2 Å². The molecule has 0 bridgehead atoms. The third-order valence-corrected chi connectivity index (χ3v) is 3.38. The lowest BCUT2D eigenvalue weighted by atomic mass is 9.87. The Morgan fingerprint density at radius 3 is 2.79 bits per heavy atom. The first-order valence-corrected chi connectivity index (χ1v) is 5.23. The van der Waals surface area contributed by atoms with E-state index < -0.39 is 0 Å². The zero-order valence-electron chi connectivity index (χ0n) is 7.55. The van der Waals surface area contributed by atoms with Gasteiger partial charge in [-0.05, 0) is 23.3 Å². The van der Waals surface area contributed by atoms with Crippen molar-refractivity contribution in [2.24, 2.45) is 0 Å². The van der Waals surface area contributed by atoms with Crippen molar-refractivity contribution in [1.82, 2.24) is 5.32 Å². The number of halogens is 2. The largest absolute Gasteiger partial charge is 0.363 e. The summed E-state index contributed by atoms with van der Waals surface area (Å²) in [5.74, 6) is 0. The van der Waals surface area contributed by atoms with E-state index >= 15 is 0 Å². The molecule has 1 fully saturated rings. The van der Waals surface area contributed by atoms with Crippen LogP contribution in [0.2, 0.25) is 0 Å². The quantitative estimate of drug-likeness (QED) is 0.784. The predicted molar refractivity (Wildman–Crippen MR) is 60.7 cm³/mol. The van der Waals surface area contributed by atoms with Gasteiger partial charge in [0.25, 0.3) is 0 Å². The smallest absolute Gasteiger partial charge is 0.119 e. The van der Waals surface area contributed by atoms with Crippen LogP contribution in [-0.2, 0) is 16.9 Å². The van der Waals surface area contributed by atoms with Crippen LogP contribution in [0.5, 0.6) is 0 Å². The molecule has 1 aromatic carbocycles. The summed E-state index contributed by atoms with van der Waals surface area (Å²) in [6.45, 7) is 2.68. The van der Waals surface area contributed by atoms with Crippen LogP contribution >= 0.6 is 28.3 Å². The Balaban J connectivity index is 0.000000750. The molecule has 4 heteroatoms. The van der Waals surface area contributed by atoms with Crippen LogP contribution in [0.4, 0.5) is 0 Å².